The van der Waals surface area contributed by atoms with Crippen LogP contribution in [0.1, 0.15) is 13.3 Å². The number of sulfonamides is 1. The number of carbonyl (C=O) groups is 1. The van der Waals surface area contributed by atoms with E-state index in [2.05, 4.69) is 17.1 Å². The number of nitrogens with one attached hydrogen (secondary N) is 1. The standard InChI is InChI=1S/C15H24N4O3S/c1-2-18-8-10-19(11-9-18)23(21,22)14-5-3-4-13(12-14)17-15(20)6-7-16/h3-5,12H,2,6-11,16H2,1H3,(H,17,20). The van der Waals surface area contributed by atoms with Gasteiger partial charge in [-0.2, -0.15) is 4.31 Å². The number of nitrogens with zero attached hydrogens (tertiary/aromatic N) is 2. The quantitative estimate of drug-likeness (QED) is 0.776. The van der Waals surface area contributed by atoms with Crippen LogP contribution in [0.15, 0.2) is 29.2 Å². The Balaban J connectivity index is 2.12. The van der Waals surface area contributed by atoms with E-state index in [1.165, 1.54) is 10.4 Å². The second-order valence-electron chi connectivity index (χ2n) is 5.45. The molecule has 0 aliphatic carbocycles. The third-order valence-electron chi connectivity index (χ3n) is 3.91. The van der Waals surface area contributed by atoms with Crippen LogP contribution in [0.3, 0.4) is 0 Å². The molecule has 3 N–H and O–H groups in total. The fourth-order valence-corrected chi connectivity index (χ4v) is 3.99. The van der Waals surface area contributed by atoms with E-state index in [4.69, 9.17) is 5.73 Å². The third-order valence-corrected chi connectivity index (χ3v) is 5.80. The summed E-state index contributed by atoms with van der Waals surface area (Å²) in [5.74, 6) is -0.224. The molecule has 0 unspecified atom stereocenters. The van der Waals surface area contributed by atoms with Crippen molar-refractivity contribution >= 4 is 21.6 Å². The van der Waals surface area contributed by atoms with Gasteiger partial charge in [0.15, 0.2) is 0 Å². The largest absolute Gasteiger partial charge is 0.330 e. The second-order valence-corrected chi connectivity index (χ2v) is 7.39. The smallest absolute Gasteiger partial charge is 0.243 e. The second kappa shape index (κ2) is 7.87. The summed E-state index contributed by atoms with van der Waals surface area (Å²) in [4.78, 5) is 14.0. The number of hydrogen-bond acceptors (Lipinski definition) is 5. The first kappa shape index (κ1) is 17.9. The summed E-state index contributed by atoms with van der Waals surface area (Å²) in [6, 6.07) is 6.35. The molecular formula is C15H24N4O3S. The molecule has 23 heavy (non-hydrogen) atoms. The van der Waals surface area contributed by atoms with Gasteiger partial charge in [0, 0.05) is 44.8 Å². The van der Waals surface area contributed by atoms with Gasteiger partial charge in [-0.05, 0) is 24.7 Å². The van der Waals surface area contributed by atoms with Crippen molar-refractivity contribution in [2.45, 2.75) is 18.2 Å². The Morgan fingerprint density at radius 3 is 2.57 bits per heavy atom. The van der Waals surface area contributed by atoms with Crippen LogP contribution in [-0.2, 0) is 14.8 Å². The van der Waals surface area contributed by atoms with Gasteiger partial charge in [-0.1, -0.05) is 13.0 Å². The zero-order valence-electron chi connectivity index (χ0n) is 13.4. The van der Waals surface area contributed by atoms with E-state index in [0.29, 0.717) is 18.8 Å². The molecule has 8 heteroatoms. The molecule has 1 aromatic rings. The fourth-order valence-electron chi connectivity index (χ4n) is 2.52. The van der Waals surface area contributed by atoms with Crippen molar-refractivity contribution in [1.82, 2.24) is 9.21 Å². The number of nitrogens with two attached hydrogens (primary N) is 1. The van der Waals surface area contributed by atoms with Crippen LogP contribution >= 0.6 is 0 Å². The van der Waals surface area contributed by atoms with Crippen molar-refractivity contribution in [3.8, 4) is 0 Å². The number of anilines is 1. The Bertz CT molecular complexity index is 640. The molecule has 1 aliphatic heterocycles. The Hall–Kier alpha value is -1.48. The molecule has 0 bridgehead atoms. The summed E-state index contributed by atoms with van der Waals surface area (Å²) in [5, 5.41) is 2.66. The number of carbonyl (C=O) groups excluding carboxylic acids is 1. The maximum atomic E-state index is 12.7. The average Bonchev–Trinajstić information content (AvgIpc) is 2.55. The van der Waals surface area contributed by atoms with Crippen LogP contribution in [0.25, 0.3) is 0 Å². The minimum atomic E-state index is -3.53. The van der Waals surface area contributed by atoms with E-state index in [9.17, 15) is 13.2 Å². The van der Waals surface area contributed by atoms with Gasteiger partial charge < -0.3 is 16.0 Å². The lowest BCUT2D eigenvalue weighted by Crippen LogP contribution is -2.48. The van der Waals surface area contributed by atoms with Gasteiger partial charge >= 0.3 is 0 Å². The molecule has 7 nitrogen and oxygen atoms in total. The molecule has 1 aliphatic rings. The highest BCUT2D eigenvalue weighted by Gasteiger charge is 2.28. The molecule has 0 atom stereocenters. The third kappa shape index (κ3) is 4.51. The van der Waals surface area contributed by atoms with Gasteiger partial charge in [0.1, 0.15) is 0 Å². The minimum Gasteiger partial charge on any atom is -0.330 e. The molecule has 1 fully saturated rings. The molecule has 1 amide bonds. The summed E-state index contributed by atoms with van der Waals surface area (Å²) in [7, 11) is -3.53. The molecule has 1 heterocycles. The minimum absolute atomic E-state index is 0.202. The molecule has 0 saturated carbocycles. The SMILES string of the molecule is CCN1CCN(S(=O)(=O)c2cccc(NC(=O)CCN)c2)CC1. The first-order valence-corrected chi connectivity index (χ1v) is 9.24. The van der Waals surface area contributed by atoms with Gasteiger partial charge in [0.05, 0.1) is 4.90 Å². The summed E-state index contributed by atoms with van der Waals surface area (Å²) in [6.45, 7) is 5.70. The number of likely N-dealkylation sites (N-methyl/N-ethyl adjacent to an activating group) is 1. The van der Waals surface area contributed by atoms with Crippen molar-refractivity contribution < 1.29 is 13.2 Å². The van der Waals surface area contributed by atoms with Gasteiger partial charge in [-0.25, -0.2) is 8.42 Å². The lowest BCUT2D eigenvalue weighted by molar-refractivity contribution is -0.116. The fraction of sp³-hybridized carbons (Fsp3) is 0.533. The Kier molecular flexibility index (Phi) is 6.11. The first-order chi connectivity index (χ1) is 11.0. The predicted molar refractivity (Wildman–Crippen MR) is 89.6 cm³/mol. The van der Waals surface area contributed by atoms with Crippen LogP contribution in [0.5, 0.6) is 0 Å². The summed E-state index contributed by atoms with van der Waals surface area (Å²) < 4.78 is 26.9. The zero-order chi connectivity index (χ0) is 16.9. The topological polar surface area (TPSA) is 95.7 Å². The van der Waals surface area contributed by atoms with Crippen molar-refractivity contribution in [3.63, 3.8) is 0 Å². The molecule has 1 aromatic carbocycles. The van der Waals surface area contributed by atoms with E-state index in [1.807, 2.05) is 0 Å². The monoisotopic (exact) mass is 340 g/mol. The number of hydrogen-bond donors (Lipinski definition) is 2. The van der Waals surface area contributed by atoms with E-state index in [-0.39, 0.29) is 23.8 Å². The summed E-state index contributed by atoms with van der Waals surface area (Å²) >= 11 is 0. The maximum absolute atomic E-state index is 12.7. The van der Waals surface area contributed by atoms with Crippen LogP contribution in [0.2, 0.25) is 0 Å². The zero-order valence-corrected chi connectivity index (χ0v) is 14.2. The van der Waals surface area contributed by atoms with Crippen LogP contribution in [0, 0.1) is 0 Å². The first-order valence-electron chi connectivity index (χ1n) is 7.80. The van der Waals surface area contributed by atoms with Crippen molar-refractivity contribution in [1.29, 1.82) is 0 Å². The van der Waals surface area contributed by atoms with Gasteiger partial charge in [-0.3, -0.25) is 4.79 Å². The van der Waals surface area contributed by atoms with Gasteiger partial charge in [-0.15, -0.1) is 0 Å². The molecule has 128 valence electrons. The normalized spacial score (nSPS) is 17.1. The Morgan fingerprint density at radius 2 is 1.96 bits per heavy atom. The lowest BCUT2D eigenvalue weighted by atomic mass is 10.3. The molecule has 2 rings (SSSR count). The van der Waals surface area contributed by atoms with Crippen LogP contribution in [0.4, 0.5) is 5.69 Å². The average molecular weight is 340 g/mol. The number of rotatable bonds is 6. The van der Waals surface area contributed by atoms with Gasteiger partial charge in [0.25, 0.3) is 0 Å². The van der Waals surface area contributed by atoms with Crippen molar-refractivity contribution in [2.75, 3.05) is 44.6 Å². The summed E-state index contributed by atoms with van der Waals surface area (Å²) in [6.07, 6.45) is 0.204. The maximum Gasteiger partial charge on any atom is 0.243 e. The predicted octanol–water partition coefficient (Wildman–Crippen LogP) is 0.300. The molecule has 0 radical (unpaired) electrons. The van der Waals surface area contributed by atoms with E-state index in [0.717, 1.165) is 19.6 Å². The van der Waals surface area contributed by atoms with Crippen molar-refractivity contribution in [2.24, 2.45) is 5.73 Å². The molecule has 1 saturated heterocycles. The lowest BCUT2D eigenvalue weighted by Gasteiger charge is -2.33. The number of benzene rings is 1. The summed E-state index contributed by atoms with van der Waals surface area (Å²) in [5.41, 5.74) is 5.80. The van der Waals surface area contributed by atoms with Crippen LogP contribution in [-0.4, -0.2) is 62.8 Å². The Morgan fingerprint density at radius 1 is 1.26 bits per heavy atom. The molecule has 0 aromatic heterocycles. The molecule has 0 spiro atoms. The van der Waals surface area contributed by atoms with E-state index in [1.54, 1.807) is 18.2 Å². The number of piperazine rings is 1. The number of amides is 1. The van der Waals surface area contributed by atoms with E-state index < -0.39 is 10.0 Å². The van der Waals surface area contributed by atoms with E-state index >= 15 is 0 Å². The highest BCUT2D eigenvalue weighted by Crippen LogP contribution is 2.21. The van der Waals surface area contributed by atoms with Crippen molar-refractivity contribution in [3.05, 3.63) is 24.3 Å². The Labute approximate surface area is 137 Å². The van der Waals surface area contributed by atoms with Crippen LogP contribution < -0.4 is 11.1 Å². The highest BCUT2D eigenvalue weighted by molar-refractivity contribution is 7.89. The highest BCUT2D eigenvalue weighted by atomic mass is 32.2. The molecular weight excluding hydrogens is 316 g/mol. The van der Waals surface area contributed by atoms with Gasteiger partial charge in [0.2, 0.25) is 15.9 Å².